The number of anilines is 2. The molecule has 0 fully saturated rings. The first kappa shape index (κ1) is 14.3. The minimum Gasteiger partial charge on any atom is -0.494 e. The second kappa shape index (κ2) is 6.39. The Bertz CT molecular complexity index is 708. The van der Waals surface area contributed by atoms with Crippen molar-refractivity contribution in [3.05, 3.63) is 58.1 Å². The summed E-state index contributed by atoms with van der Waals surface area (Å²) in [5.74, 6) is 0.727. The summed E-state index contributed by atoms with van der Waals surface area (Å²) in [5.41, 5.74) is 1.20. The normalized spacial score (nSPS) is 9.71. The molecule has 21 heavy (non-hydrogen) atoms. The number of benzene rings is 2. The van der Waals surface area contributed by atoms with Gasteiger partial charge in [-0.3, -0.25) is 10.1 Å². The Labute approximate surface area is 121 Å². The molecular formula is C15H13N3O3. The molecule has 0 atom stereocenters. The van der Waals surface area contributed by atoms with Crippen LogP contribution in [-0.4, -0.2) is 11.5 Å². The molecular weight excluding hydrogens is 270 g/mol. The molecule has 0 amide bonds. The Balaban J connectivity index is 2.26. The van der Waals surface area contributed by atoms with Crippen molar-refractivity contribution in [2.45, 2.75) is 6.92 Å². The zero-order chi connectivity index (χ0) is 15.2. The standard InChI is InChI=1S/C15H13N3O3/c1-2-21-14-5-3-4-12(9-14)17-13-6-7-15(18(19)20)11(8-13)10-16/h3-9,17H,2H2,1H3. The van der Waals surface area contributed by atoms with Crippen molar-refractivity contribution in [1.82, 2.24) is 0 Å². The predicted octanol–water partition coefficient (Wildman–Crippen LogP) is 3.61. The number of ether oxygens (including phenoxy) is 1. The monoisotopic (exact) mass is 283 g/mol. The molecule has 0 aliphatic carbocycles. The van der Waals surface area contributed by atoms with Gasteiger partial charge in [0.15, 0.2) is 0 Å². The van der Waals surface area contributed by atoms with Gasteiger partial charge in [0.05, 0.1) is 11.5 Å². The third-order valence-corrected chi connectivity index (χ3v) is 2.75. The first-order valence-corrected chi connectivity index (χ1v) is 6.32. The van der Waals surface area contributed by atoms with E-state index in [-0.39, 0.29) is 11.3 Å². The molecule has 2 aromatic rings. The van der Waals surface area contributed by atoms with E-state index in [4.69, 9.17) is 10.00 Å². The summed E-state index contributed by atoms with van der Waals surface area (Å²) in [6.45, 7) is 2.47. The van der Waals surface area contributed by atoms with Gasteiger partial charge < -0.3 is 10.1 Å². The number of nitrogens with one attached hydrogen (secondary N) is 1. The van der Waals surface area contributed by atoms with Crippen LogP contribution in [0.3, 0.4) is 0 Å². The molecule has 0 bridgehead atoms. The molecule has 0 heterocycles. The van der Waals surface area contributed by atoms with Crippen molar-refractivity contribution in [3.63, 3.8) is 0 Å². The highest BCUT2D eigenvalue weighted by molar-refractivity contribution is 5.66. The van der Waals surface area contributed by atoms with Gasteiger partial charge in [0, 0.05) is 23.5 Å². The highest BCUT2D eigenvalue weighted by Gasteiger charge is 2.13. The van der Waals surface area contributed by atoms with E-state index in [1.165, 1.54) is 12.1 Å². The molecule has 0 aliphatic rings. The number of nitrogens with zero attached hydrogens (tertiary/aromatic N) is 2. The van der Waals surface area contributed by atoms with Gasteiger partial charge in [-0.1, -0.05) is 6.07 Å². The lowest BCUT2D eigenvalue weighted by molar-refractivity contribution is -0.385. The van der Waals surface area contributed by atoms with Crippen LogP contribution >= 0.6 is 0 Å². The summed E-state index contributed by atoms with van der Waals surface area (Å²) in [4.78, 5) is 10.2. The van der Waals surface area contributed by atoms with E-state index in [0.29, 0.717) is 12.3 Å². The van der Waals surface area contributed by atoms with Crippen LogP contribution < -0.4 is 10.1 Å². The Hall–Kier alpha value is -3.07. The number of nitriles is 1. The topological polar surface area (TPSA) is 88.2 Å². The minimum atomic E-state index is -0.571. The molecule has 0 radical (unpaired) electrons. The van der Waals surface area contributed by atoms with Crippen molar-refractivity contribution >= 4 is 17.1 Å². The summed E-state index contributed by atoms with van der Waals surface area (Å²) in [6.07, 6.45) is 0. The molecule has 0 unspecified atom stereocenters. The van der Waals surface area contributed by atoms with Crippen LogP contribution in [0.15, 0.2) is 42.5 Å². The summed E-state index contributed by atoms with van der Waals surface area (Å²) in [5, 5.41) is 22.8. The van der Waals surface area contributed by atoms with E-state index in [0.717, 1.165) is 11.4 Å². The quantitative estimate of drug-likeness (QED) is 0.669. The molecule has 0 aliphatic heterocycles. The van der Waals surface area contributed by atoms with Crippen LogP contribution in [0.1, 0.15) is 12.5 Å². The largest absolute Gasteiger partial charge is 0.494 e. The van der Waals surface area contributed by atoms with Gasteiger partial charge in [-0.2, -0.15) is 5.26 Å². The van der Waals surface area contributed by atoms with Crippen LogP contribution in [-0.2, 0) is 0 Å². The third-order valence-electron chi connectivity index (χ3n) is 2.75. The van der Waals surface area contributed by atoms with Crippen molar-refractivity contribution in [2.75, 3.05) is 11.9 Å². The maximum atomic E-state index is 10.8. The number of rotatable bonds is 5. The van der Waals surface area contributed by atoms with Gasteiger partial charge in [0.2, 0.25) is 0 Å². The molecule has 106 valence electrons. The Morgan fingerprint density at radius 1 is 1.29 bits per heavy atom. The average Bonchev–Trinajstić information content (AvgIpc) is 2.47. The molecule has 1 N–H and O–H groups in total. The fourth-order valence-corrected chi connectivity index (χ4v) is 1.86. The Morgan fingerprint density at radius 2 is 2.05 bits per heavy atom. The van der Waals surface area contributed by atoms with Gasteiger partial charge in [0.1, 0.15) is 17.4 Å². The maximum absolute atomic E-state index is 10.8. The Kier molecular flexibility index (Phi) is 4.36. The van der Waals surface area contributed by atoms with E-state index >= 15 is 0 Å². The molecule has 6 heteroatoms. The number of nitro groups is 1. The average molecular weight is 283 g/mol. The van der Waals surface area contributed by atoms with Crippen LogP contribution in [0.5, 0.6) is 5.75 Å². The Morgan fingerprint density at radius 3 is 2.71 bits per heavy atom. The van der Waals surface area contributed by atoms with Crippen LogP contribution in [0.2, 0.25) is 0 Å². The second-order valence-electron chi connectivity index (χ2n) is 4.19. The smallest absolute Gasteiger partial charge is 0.287 e. The van der Waals surface area contributed by atoms with Gasteiger partial charge in [-0.05, 0) is 31.2 Å². The van der Waals surface area contributed by atoms with Crippen molar-refractivity contribution < 1.29 is 9.66 Å². The maximum Gasteiger partial charge on any atom is 0.287 e. The molecule has 2 aromatic carbocycles. The number of hydrogen-bond donors (Lipinski definition) is 1. The fraction of sp³-hybridized carbons (Fsp3) is 0.133. The summed E-state index contributed by atoms with van der Waals surface area (Å²) >= 11 is 0. The summed E-state index contributed by atoms with van der Waals surface area (Å²) < 4.78 is 5.40. The van der Waals surface area contributed by atoms with Gasteiger partial charge in [0.25, 0.3) is 5.69 Å². The van der Waals surface area contributed by atoms with E-state index < -0.39 is 4.92 Å². The highest BCUT2D eigenvalue weighted by Crippen LogP contribution is 2.26. The van der Waals surface area contributed by atoms with Crippen LogP contribution in [0, 0.1) is 21.4 Å². The fourth-order valence-electron chi connectivity index (χ4n) is 1.86. The van der Waals surface area contributed by atoms with Crippen LogP contribution in [0.4, 0.5) is 17.1 Å². The van der Waals surface area contributed by atoms with Crippen molar-refractivity contribution in [1.29, 1.82) is 5.26 Å². The molecule has 0 aromatic heterocycles. The SMILES string of the molecule is CCOc1cccc(Nc2ccc([N+](=O)[O-])c(C#N)c2)c1. The first-order chi connectivity index (χ1) is 10.1. The second-order valence-corrected chi connectivity index (χ2v) is 4.19. The highest BCUT2D eigenvalue weighted by atomic mass is 16.6. The van der Waals surface area contributed by atoms with E-state index in [1.807, 2.05) is 37.3 Å². The van der Waals surface area contributed by atoms with E-state index in [9.17, 15) is 10.1 Å². The van der Waals surface area contributed by atoms with Gasteiger partial charge >= 0.3 is 0 Å². The lowest BCUT2D eigenvalue weighted by Gasteiger charge is -2.09. The molecule has 0 saturated heterocycles. The van der Waals surface area contributed by atoms with Gasteiger partial charge in [-0.15, -0.1) is 0 Å². The number of nitro benzene ring substituents is 1. The third kappa shape index (κ3) is 3.48. The molecule has 2 rings (SSSR count). The molecule has 0 saturated carbocycles. The zero-order valence-corrected chi connectivity index (χ0v) is 11.4. The van der Waals surface area contributed by atoms with Crippen molar-refractivity contribution in [2.24, 2.45) is 0 Å². The van der Waals surface area contributed by atoms with Crippen molar-refractivity contribution in [3.8, 4) is 11.8 Å². The first-order valence-electron chi connectivity index (χ1n) is 6.32. The predicted molar refractivity (Wildman–Crippen MR) is 78.7 cm³/mol. The lowest BCUT2D eigenvalue weighted by atomic mass is 10.1. The lowest BCUT2D eigenvalue weighted by Crippen LogP contribution is -1.96. The van der Waals surface area contributed by atoms with Gasteiger partial charge in [-0.25, -0.2) is 0 Å². The minimum absolute atomic E-state index is 0.0194. The zero-order valence-electron chi connectivity index (χ0n) is 11.4. The van der Waals surface area contributed by atoms with E-state index in [2.05, 4.69) is 5.32 Å². The summed E-state index contributed by atoms with van der Waals surface area (Å²) in [7, 11) is 0. The number of hydrogen-bond acceptors (Lipinski definition) is 5. The van der Waals surface area contributed by atoms with E-state index in [1.54, 1.807) is 6.07 Å². The molecule has 6 nitrogen and oxygen atoms in total. The molecule has 0 spiro atoms. The van der Waals surface area contributed by atoms with Crippen LogP contribution in [0.25, 0.3) is 0 Å². The summed E-state index contributed by atoms with van der Waals surface area (Å²) in [6, 6.07) is 13.5.